The average Bonchev–Trinajstić information content (AvgIpc) is 2.20. The van der Waals surface area contributed by atoms with Gasteiger partial charge in [0.25, 0.3) is 5.56 Å². The van der Waals surface area contributed by atoms with Gasteiger partial charge < -0.3 is 9.88 Å². The zero-order valence-corrected chi connectivity index (χ0v) is 7.82. The van der Waals surface area contributed by atoms with Gasteiger partial charge in [-0.25, -0.2) is 0 Å². The number of hydrogen-bond acceptors (Lipinski definition) is 2. The molecular formula is C10H12N2O2. The topological polar surface area (TPSA) is 53.2 Å². The Balaban J connectivity index is 2.34. The number of pyridine rings is 1. The highest BCUT2D eigenvalue weighted by atomic mass is 16.2. The summed E-state index contributed by atoms with van der Waals surface area (Å²) in [5.74, 6) is 0.0490. The Morgan fingerprint density at radius 2 is 2.14 bits per heavy atom. The van der Waals surface area contributed by atoms with Crippen molar-refractivity contribution in [3.8, 4) is 0 Å². The predicted molar refractivity (Wildman–Crippen MR) is 53.3 cm³/mol. The van der Waals surface area contributed by atoms with Gasteiger partial charge in [0.15, 0.2) is 0 Å². The molecule has 14 heavy (non-hydrogen) atoms. The number of nitrogens with one attached hydrogen (secondary N) is 1. The Morgan fingerprint density at radius 1 is 1.29 bits per heavy atom. The summed E-state index contributed by atoms with van der Waals surface area (Å²) in [5, 5.41) is 0. The van der Waals surface area contributed by atoms with Gasteiger partial charge >= 0.3 is 0 Å². The summed E-state index contributed by atoms with van der Waals surface area (Å²) in [7, 11) is 0. The van der Waals surface area contributed by atoms with Crippen LogP contribution in [0.2, 0.25) is 0 Å². The van der Waals surface area contributed by atoms with Crippen LogP contribution < -0.4 is 10.5 Å². The van der Waals surface area contributed by atoms with Crippen molar-refractivity contribution >= 4 is 11.6 Å². The minimum absolute atomic E-state index is 0.0490. The quantitative estimate of drug-likeness (QED) is 0.718. The molecule has 2 heterocycles. The van der Waals surface area contributed by atoms with Crippen molar-refractivity contribution in [3.05, 3.63) is 28.7 Å². The summed E-state index contributed by atoms with van der Waals surface area (Å²) in [6.07, 6.45) is 4.02. The molecule has 0 aliphatic carbocycles. The number of amides is 1. The molecule has 1 amide bonds. The van der Waals surface area contributed by atoms with Crippen molar-refractivity contribution < 1.29 is 4.79 Å². The number of H-pyrrole nitrogens is 1. The van der Waals surface area contributed by atoms with E-state index in [0.29, 0.717) is 18.7 Å². The molecule has 1 aromatic heterocycles. The number of nitrogens with zero attached hydrogens (tertiary/aromatic N) is 1. The van der Waals surface area contributed by atoms with Gasteiger partial charge in [0.1, 0.15) is 5.69 Å². The van der Waals surface area contributed by atoms with E-state index in [0.717, 1.165) is 12.8 Å². The summed E-state index contributed by atoms with van der Waals surface area (Å²) >= 11 is 0. The molecule has 1 aromatic rings. The van der Waals surface area contributed by atoms with Crippen molar-refractivity contribution in [2.45, 2.75) is 19.3 Å². The first-order chi connectivity index (χ1) is 6.79. The highest BCUT2D eigenvalue weighted by molar-refractivity contribution is 5.93. The molecule has 4 heteroatoms. The summed E-state index contributed by atoms with van der Waals surface area (Å²) in [6, 6.07) is 3.42. The van der Waals surface area contributed by atoms with Crippen LogP contribution in [0.4, 0.5) is 5.69 Å². The van der Waals surface area contributed by atoms with Crippen molar-refractivity contribution in [1.82, 2.24) is 4.98 Å². The summed E-state index contributed by atoms with van der Waals surface area (Å²) in [6.45, 7) is 0.659. The third-order valence-corrected chi connectivity index (χ3v) is 2.41. The van der Waals surface area contributed by atoms with Gasteiger partial charge in [-0.15, -0.1) is 0 Å². The molecule has 0 saturated carbocycles. The van der Waals surface area contributed by atoms with Crippen LogP contribution in [0, 0.1) is 0 Å². The first-order valence-corrected chi connectivity index (χ1v) is 4.77. The lowest BCUT2D eigenvalue weighted by Gasteiger charge is -2.25. The van der Waals surface area contributed by atoms with E-state index in [2.05, 4.69) is 4.98 Å². The molecule has 0 atom stereocenters. The van der Waals surface area contributed by atoms with Crippen molar-refractivity contribution in [3.63, 3.8) is 0 Å². The number of aromatic amines is 1. The van der Waals surface area contributed by atoms with E-state index >= 15 is 0 Å². The van der Waals surface area contributed by atoms with Gasteiger partial charge in [-0.2, -0.15) is 0 Å². The molecule has 0 radical (unpaired) electrons. The molecule has 74 valence electrons. The molecule has 1 N–H and O–H groups in total. The maximum absolute atomic E-state index is 11.5. The highest BCUT2D eigenvalue weighted by Gasteiger charge is 2.21. The number of anilines is 1. The summed E-state index contributed by atoms with van der Waals surface area (Å²) < 4.78 is 0. The lowest BCUT2D eigenvalue weighted by Crippen LogP contribution is -2.38. The smallest absolute Gasteiger partial charge is 0.271 e. The second-order valence-electron chi connectivity index (χ2n) is 3.39. The molecule has 4 nitrogen and oxygen atoms in total. The predicted octanol–water partition coefficient (Wildman–Crippen LogP) is 0.892. The minimum atomic E-state index is -0.192. The fraction of sp³-hybridized carbons (Fsp3) is 0.400. The molecule has 1 fully saturated rings. The van der Waals surface area contributed by atoms with Crippen LogP contribution in [0.25, 0.3) is 0 Å². The molecule has 2 rings (SSSR count). The van der Waals surface area contributed by atoms with Gasteiger partial charge in [0.2, 0.25) is 5.91 Å². The number of carbonyl (C=O) groups excluding carboxylic acids is 1. The zero-order valence-electron chi connectivity index (χ0n) is 7.82. The maximum atomic E-state index is 11.5. The van der Waals surface area contributed by atoms with Crippen molar-refractivity contribution in [2.24, 2.45) is 0 Å². The molecule has 1 aliphatic heterocycles. The monoisotopic (exact) mass is 192 g/mol. The summed E-state index contributed by atoms with van der Waals surface area (Å²) in [5.41, 5.74) is 0.278. The number of piperidine rings is 1. The Hall–Kier alpha value is -1.58. The number of hydrogen-bond donors (Lipinski definition) is 1. The average molecular weight is 192 g/mol. The van der Waals surface area contributed by atoms with Crippen LogP contribution in [-0.2, 0) is 4.79 Å². The molecule has 0 aromatic carbocycles. The van der Waals surface area contributed by atoms with E-state index < -0.39 is 0 Å². The van der Waals surface area contributed by atoms with Gasteiger partial charge in [0.05, 0.1) is 0 Å². The normalized spacial score (nSPS) is 17.1. The van der Waals surface area contributed by atoms with Gasteiger partial charge in [-0.05, 0) is 25.0 Å². The SMILES string of the molecule is O=C1CCCCN1c1ccc[nH]c1=O. The van der Waals surface area contributed by atoms with Crippen LogP contribution in [-0.4, -0.2) is 17.4 Å². The zero-order chi connectivity index (χ0) is 9.97. The molecule has 0 spiro atoms. The Kier molecular flexibility index (Phi) is 2.35. The Morgan fingerprint density at radius 3 is 2.86 bits per heavy atom. The molecule has 1 aliphatic rings. The van der Waals surface area contributed by atoms with Crippen LogP contribution in [0.3, 0.4) is 0 Å². The van der Waals surface area contributed by atoms with Gasteiger partial charge in [0, 0.05) is 19.2 Å². The number of carbonyl (C=O) groups is 1. The second-order valence-corrected chi connectivity index (χ2v) is 3.39. The van der Waals surface area contributed by atoms with Gasteiger partial charge in [-0.3, -0.25) is 9.59 Å². The van der Waals surface area contributed by atoms with Crippen LogP contribution in [0.1, 0.15) is 19.3 Å². The fourth-order valence-electron chi connectivity index (χ4n) is 1.69. The van der Waals surface area contributed by atoms with Crippen molar-refractivity contribution in [2.75, 3.05) is 11.4 Å². The Bertz CT molecular complexity index is 397. The van der Waals surface area contributed by atoms with Crippen LogP contribution in [0.5, 0.6) is 0 Å². The molecule has 1 saturated heterocycles. The second kappa shape index (κ2) is 3.65. The van der Waals surface area contributed by atoms with Crippen LogP contribution in [0.15, 0.2) is 23.1 Å². The summed E-state index contributed by atoms with van der Waals surface area (Å²) in [4.78, 5) is 27.1. The minimum Gasteiger partial charge on any atom is -0.327 e. The fourth-order valence-corrected chi connectivity index (χ4v) is 1.69. The largest absolute Gasteiger partial charge is 0.327 e. The van der Waals surface area contributed by atoms with E-state index in [-0.39, 0.29) is 11.5 Å². The lowest BCUT2D eigenvalue weighted by molar-refractivity contribution is -0.119. The molecule has 0 unspecified atom stereocenters. The third-order valence-electron chi connectivity index (χ3n) is 2.41. The van der Waals surface area contributed by atoms with E-state index in [1.165, 1.54) is 0 Å². The lowest BCUT2D eigenvalue weighted by atomic mass is 10.1. The standard InChI is InChI=1S/C10H12N2O2/c13-9-5-1-2-7-12(9)8-4-3-6-11-10(8)14/h3-4,6H,1-2,5,7H2,(H,11,14). The first-order valence-electron chi connectivity index (χ1n) is 4.77. The molecular weight excluding hydrogens is 180 g/mol. The van der Waals surface area contributed by atoms with Crippen LogP contribution >= 0.6 is 0 Å². The van der Waals surface area contributed by atoms with E-state index in [1.807, 2.05) is 0 Å². The maximum Gasteiger partial charge on any atom is 0.271 e. The van der Waals surface area contributed by atoms with E-state index in [9.17, 15) is 9.59 Å². The highest BCUT2D eigenvalue weighted by Crippen LogP contribution is 2.16. The number of rotatable bonds is 1. The van der Waals surface area contributed by atoms with Crippen molar-refractivity contribution in [1.29, 1.82) is 0 Å². The number of aromatic nitrogens is 1. The Labute approximate surface area is 81.6 Å². The van der Waals surface area contributed by atoms with Gasteiger partial charge in [-0.1, -0.05) is 0 Å². The third kappa shape index (κ3) is 1.55. The van der Waals surface area contributed by atoms with E-state index in [1.54, 1.807) is 23.2 Å². The van der Waals surface area contributed by atoms with E-state index in [4.69, 9.17) is 0 Å². The molecule has 0 bridgehead atoms. The first kappa shape index (κ1) is 8.99.